The van der Waals surface area contributed by atoms with E-state index >= 15 is 0 Å². The first-order valence-corrected chi connectivity index (χ1v) is 8.29. The summed E-state index contributed by atoms with van der Waals surface area (Å²) in [5, 5.41) is 12.1. The van der Waals surface area contributed by atoms with Crippen molar-refractivity contribution in [1.82, 2.24) is 14.9 Å². The molecule has 1 amide bonds. The molecule has 6 nitrogen and oxygen atoms in total. The number of carbonyl (C=O) groups is 2. The average Bonchev–Trinajstić information content (AvgIpc) is 3.06. The van der Waals surface area contributed by atoms with Crippen LogP contribution in [0.3, 0.4) is 0 Å². The molecule has 0 bridgehead atoms. The van der Waals surface area contributed by atoms with Crippen molar-refractivity contribution in [2.24, 2.45) is 7.05 Å². The van der Waals surface area contributed by atoms with Crippen molar-refractivity contribution in [1.29, 1.82) is 0 Å². The van der Waals surface area contributed by atoms with E-state index in [9.17, 15) is 19.1 Å². The van der Waals surface area contributed by atoms with Gasteiger partial charge < -0.3 is 15.0 Å². The number of aromatic nitrogens is 2. The van der Waals surface area contributed by atoms with Gasteiger partial charge in [0, 0.05) is 19.4 Å². The Hall–Kier alpha value is -3.48. The molecule has 2 N–H and O–H groups in total. The Morgan fingerprint density at radius 3 is 2.52 bits per heavy atom. The highest BCUT2D eigenvalue weighted by molar-refractivity contribution is 5.91. The van der Waals surface area contributed by atoms with Crippen LogP contribution in [0.1, 0.15) is 33.4 Å². The van der Waals surface area contributed by atoms with Crippen LogP contribution in [0.2, 0.25) is 0 Å². The number of imidazole rings is 1. The number of halogens is 1. The summed E-state index contributed by atoms with van der Waals surface area (Å²) in [5.74, 6) is -1.24. The van der Waals surface area contributed by atoms with Gasteiger partial charge in [0.15, 0.2) is 0 Å². The third kappa shape index (κ3) is 4.20. The third-order valence-corrected chi connectivity index (χ3v) is 4.22. The summed E-state index contributed by atoms with van der Waals surface area (Å²) >= 11 is 0. The minimum atomic E-state index is -1.09. The number of carboxylic acid groups (broad SMARTS) is 1. The number of aromatic carboxylic acids is 1. The van der Waals surface area contributed by atoms with Crippen molar-refractivity contribution in [3.63, 3.8) is 0 Å². The molecule has 0 fully saturated rings. The second kappa shape index (κ2) is 7.82. The Kier molecular flexibility index (Phi) is 5.30. The van der Waals surface area contributed by atoms with Gasteiger partial charge in [0.25, 0.3) is 0 Å². The lowest BCUT2D eigenvalue weighted by Gasteiger charge is -2.19. The largest absolute Gasteiger partial charge is 0.478 e. The van der Waals surface area contributed by atoms with Crippen LogP contribution in [-0.4, -0.2) is 26.5 Å². The molecule has 1 heterocycles. The van der Waals surface area contributed by atoms with Gasteiger partial charge in [-0.3, -0.25) is 4.79 Å². The molecule has 0 spiro atoms. The fourth-order valence-corrected chi connectivity index (χ4v) is 2.88. The van der Waals surface area contributed by atoms with Gasteiger partial charge in [-0.2, -0.15) is 0 Å². The van der Waals surface area contributed by atoms with E-state index in [2.05, 4.69) is 10.3 Å². The van der Waals surface area contributed by atoms with Crippen LogP contribution in [0.15, 0.2) is 60.9 Å². The highest BCUT2D eigenvalue weighted by Crippen LogP contribution is 2.21. The number of aryl methyl sites for hydroxylation is 1. The number of hydrogen-bond donors (Lipinski definition) is 2. The molecule has 0 saturated carbocycles. The molecule has 0 aliphatic carbocycles. The molecule has 7 heteroatoms. The highest BCUT2D eigenvalue weighted by Gasteiger charge is 2.22. The monoisotopic (exact) mass is 367 g/mol. The third-order valence-electron chi connectivity index (χ3n) is 4.22. The molecular weight excluding hydrogens is 349 g/mol. The van der Waals surface area contributed by atoms with Crippen molar-refractivity contribution in [3.8, 4) is 0 Å². The van der Waals surface area contributed by atoms with Gasteiger partial charge in [0.1, 0.15) is 17.7 Å². The van der Waals surface area contributed by atoms with E-state index in [1.165, 1.54) is 18.2 Å². The number of nitrogens with one attached hydrogen (secondary N) is 1. The summed E-state index contributed by atoms with van der Waals surface area (Å²) in [7, 11) is 1.80. The Labute approximate surface area is 155 Å². The predicted octanol–water partition coefficient (Wildman–Crippen LogP) is 2.71. The maximum Gasteiger partial charge on any atom is 0.335 e. The fourth-order valence-electron chi connectivity index (χ4n) is 2.88. The van der Waals surface area contributed by atoms with Gasteiger partial charge in [-0.25, -0.2) is 14.2 Å². The maximum absolute atomic E-state index is 13.3. The second-order valence-electron chi connectivity index (χ2n) is 6.09. The van der Waals surface area contributed by atoms with Crippen LogP contribution in [-0.2, 0) is 18.3 Å². The number of carbonyl (C=O) groups excluding carboxylic acids is 1. The molecule has 1 unspecified atom stereocenters. The minimum Gasteiger partial charge on any atom is -0.478 e. The first kappa shape index (κ1) is 18.3. The molecule has 0 aliphatic heterocycles. The molecular formula is C20H18FN3O3. The smallest absolute Gasteiger partial charge is 0.335 e. The molecule has 3 aromatic rings. The Balaban J connectivity index is 1.86. The summed E-state index contributed by atoms with van der Waals surface area (Å²) in [6.45, 7) is 0. The number of hydrogen-bond acceptors (Lipinski definition) is 3. The van der Waals surface area contributed by atoms with Crippen molar-refractivity contribution >= 4 is 11.9 Å². The molecule has 2 aromatic carbocycles. The molecule has 138 valence electrons. The van der Waals surface area contributed by atoms with Crippen LogP contribution in [0.5, 0.6) is 0 Å². The van der Waals surface area contributed by atoms with E-state index < -0.39 is 12.0 Å². The predicted molar refractivity (Wildman–Crippen MR) is 96.7 cm³/mol. The number of carboxylic acids is 1. The normalized spacial score (nSPS) is 11.8. The van der Waals surface area contributed by atoms with E-state index in [0.29, 0.717) is 17.0 Å². The number of rotatable bonds is 6. The molecule has 1 atom stereocenters. The van der Waals surface area contributed by atoms with Crippen LogP contribution in [0, 0.1) is 5.82 Å². The Morgan fingerprint density at radius 2 is 1.89 bits per heavy atom. The summed E-state index contributed by atoms with van der Waals surface area (Å²) in [5.41, 5.74) is 1.17. The molecule has 0 aliphatic rings. The van der Waals surface area contributed by atoms with Gasteiger partial charge >= 0.3 is 5.97 Å². The molecule has 0 radical (unpaired) electrons. The lowest BCUT2D eigenvalue weighted by molar-refractivity contribution is -0.121. The number of nitrogens with zero attached hydrogens (tertiary/aromatic N) is 2. The summed E-state index contributed by atoms with van der Waals surface area (Å²) in [4.78, 5) is 28.2. The van der Waals surface area contributed by atoms with Gasteiger partial charge in [-0.1, -0.05) is 30.3 Å². The Bertz CT molecular complexity index is 967. The van der Waals surface area contributed by atoms with Gasteiger partial charge in [-0.15, -0.1) is 0 Å². The second-order valence-corrected chi connectivity index (χ2v) is 6.09. The first-order valence-electron chi connectivity index (χ1n) is 8.29. The lowest BCUT2D eigenvalue weighted by atomic mass is 10.0. The molecule has 1 aromatic heterocycles. The molecule has 3 rings (SSSR count). The Morgan fingerprint density at radius 1 is 1.19 bits per heavy atom. The van der Waals surface area contributed by atoms with Gasteiger partial charge in [-0.05, 0) is 29.3 Å². The van der Waals surface area contributed by atoms with E-state index in [-0.39, 0.29) is 23.7 Å². The first-order chi connectivity index (χ1) is 13.0. The zero-order valence-electron chi connectivity index (χ0n) is 14.6. The zero-order chi connectivity index (χ0) is 19.4. The fraction of sp³-hybridized carbons (Fsp3) is 0.150. The van der Waals surface area contributed by atoms with E-state index in [4.69, 9.17) is 0 Å². The summed E-state index contributed by atoms with van der Waals surface area (Å²) in [6, 6.07) is 11.6. The van der Waals surface area contributed by atoms with Crippen molar-refractivity contribution in [2.45, 2.75) is 12.5 Å². The lowest BCUT2D eigenvalue weighted by Crippen LogP contribution is -2.32. The molecule has 27 heavy (non-hydrogen) atoms. The summed E-state index contributed by atoms with van der Waals surface area (Å²) in [6.07, 6.45) is 3.26. The molecule has 0 saturated heterocycles. The van der Waals surface area contributed by atoms with Crippen LogP contribution >= 0.6 is 0 Å². The maximum atomic E-state index is 13.3. The number of amides is 1. The van der Waals surface area contributed by atoms with E-state index in [1.54, 1.807) is 54.3 Å². The van der Waals surface area contributed by atoms with Gasteiger partial charge in [0.2, 0.25) is 5.91 Å². The average molecular weight is 367 g/mol. The van der Waals surface area contributed by atoms with Crippen LogP contribution < -0.4 is 5.32 Å². The van der Waals surface area contributed by atoms with Crippen molar-refractivity contribution < 1.29 is 19.1 Å². The number of benzene rings is 2. The topological polar surface area (TPSA) is 84.2 Å². The van der Waals surface area contributed by atoms with E-state index in [1.807, 2.05) is 0 Å². The SMILES string of the molecule is Cn1ccnc1C(NC(=O)Cc1ccccc1C(=O)O)c1ccc(F)cc1. The van der Waals surface area contributed by atoms with Crippen LogP contribution in [0.4, 0.5) is 4.39 Å². The van der Waals surface area contributed by atoms with Crippen LogP contribution in [0.25, 0.3) is 0 Å². The quantitative estimate of drug-likeness (QED) is 0.702. The van der Waals surface area contributed by atoms with Crippen molar-refractivity contribution in [2.75, 3.05) is 0 Å². The minimum absolute atomic E-state index is 0.0861. The van der Waals surface area contributed by atoms with Gasteiger partial charge in [0.05, 0.1) is 12.0 Å². The highest BCUT2D eigenvalue weighted by atomic mass is 19.1. The van der Waals surface area contributed by atoms with E-state index in [0.717, 1.165) is 0 Å². The standard InChI is InChI=1S/C20H18FN3O3/c1-24-11-10-22-19(24)18(13-6-8-15(21)9-7-13)23-17(25)12-14-4-2-3-5-16(14)20(26)27/h2-11,18H,12H2,1H3,(H,23,25)(H,26,27). The van der Waals surface area contributed by atoms with Crippen molar-refractivity contribution in [3.05, 3.63) is 89.3 Å². The summed E-state index contributed by atoms with van der Waals surface area (Å²) < 4.78 is 15.0. The zero-order valence-corrected chi connectivity index (χ0v) is 14.6.